The SMILES string of the molecule is COc1ccccc1-c1nccc(COc2ccc3cc2C[C@H](C(=O)OC(C)(C)C)Oc2ncnc4sc(Br)c(c24)-c2c(C)c(Cl)c(c(Cl)c2C)O[C@H](CN2CCN(C)CC2)CO3)n1. The summed E-state index contributed by atoms with van der Waals surface area (Å²) < 4.78 is 39.0. The second kappa shape index (κ2) is 19.4. The average Bonchev–Trinajstić information content (AvgIpc) is 3.61. The summed E-state index contributed by atoms with van der Waals surface area (Å²) in [5, 5.41) is 1.33. The Kier molecular flexibility index (Phi) is 13.9. The van der Waals surface area contributed by atoms with Gasteiger partial charge in [-0.3, -0.25) is 4.90 Å². The number of aromatic nitrogens is 4. The standard InChI is InChI=1S/C47H49BrCl2N6O7S/c1-26-36-27(2)40(50)41(39(26)49)61-31(22-56-18-16-55(6)17-19-56)24-59-30-12-13-33(60-23-29-14-15-51-43(54-29)32-10-8-9-11-34(32)58-7)28(20-30)21-35(46(57)63-47(3,4)5)62-44-38-37(36)42(48)64-45(38)53-25-52-44/h8-15,20,25,31,35H,16-19,21-24H2,1-7H3/t31-,35-/m1/s1. The first-order chi connectivity index (χ1) is 30.7. The number of carbonyl (C=O) groups excluding carboxylic acids is 1. The van der Waals surface area contributed by atoms with Crippen LogP contribution in [0.1, 0.15) is 43.2 Å². The molecule has 3 aromatic heterocycles. The van der Waals surface area contributed by atoms with Gasteiger partial charge in [0, 0.05) is 56.5 Å². The number of rotatable bonds is 8. The molecule has 2 atom stereocenters. The van der Waals surface area contributed by atoms with Crippen molar-refractivity contribution in [3.63, 3.8) is 0 Å². The van der Waals surface area contributed by atoms with Gasteiger partial charge in [0.2, 0.25) is 12.0 Å². The molecule has 3 aliphatic rings. The van der Waals surface area contributed by atoms with Crippen LogP contribution in [0.4, 0.5) is 0 Å². The van der Waals surface area contributed by atoms with Gasteiger partial charge in [-0.1, -0.05) is 35.3 Å². The maximum absolute atomic E-state index is 14.3. The van der Waals surface area contributed by atoms with Crippen molar-refractivity contribution < 1.29 is 33.2 Å². The molecule has 0 saturated carbocycles. The molecule has 64 heavy (non-hydrogen) atoms. The van der Waals surface area contributed by atoms with Crippen molar-refractivity contribution in [2.24, 2.45) is 0 Å². The van der Waals surface area contributed by atoms with Crippen molar-refractivity contribution in [3.8, 4) is 51.4 Å². The zero-order valence-corrected chi connectivity index (χ0v) is 40.6. The summed E-state index contributed by atoms with van der Waals surface area (Å²) in [6, 6.07) is 14.9. The molecule has 17 heteroatoms. The van der Waals surface area contributed by atoms with Gasteiger partial charge in [-0.25, -0.2) is 24.7 Å². The topological polar surface area (TPSA) is 130 Å². The first-order valence-electron chi connectivity index (χ1n) is 20.9. The number of fused-ring (bicyclic) bond motifs is 7. The minimum Gasteiger partial charge on any atom is -0.496 e. The highest BCUT2D eigenvalue weighted by molar-refractivity contribution is 9.11. The lowest BCUT2D eigenvalue weighted by Crippen LogP contribution is -2.49. The number of benzene rings is 3. The van der Waals surface area contributed by atoms with Crippen molar-refractivity contribution in [1.29, 1.82) is 0 Å². The molecule has 3 aliphatic heterocycles. The van der Waals surface area contributed by atoms with E-state index in [1.807, 2.05) is 77.1 Å². The Morgan fingerprint density at radius 2 is 1.70 bits per heavy atom. The number of hydrogen-bond donors (Lipinski definition) is 0. The smallest absolute Gasteiger partial charge is 0.348 e. The summed E-state index contributed by atoms with van der Waals surface area (Å²) in [6.45, 7) is 13.7. The van der Waals surface area contributed by atoms with Crippen LogP contribution in [0.25, 0.3) is 32.7 Å². The maximum Gasteiger partial charge on any atom is 0.348 e. The number of para-hydroxylation sites is 1. The second-order valence-electron chi connectivity index (χ2n) is 16.8. The summed E-state index contributed by atoms with van der Waals surface area (Å²) in [7, 11) is 3.74. The second-order valence-corrected chi connectivity index (χ2v) is 19.9. The third-order valence-corrected chi connectivity index (χ3v) is 13.7. The lowest BCUT2D eigenvalue weighted by atomic mass is 9.95. The molecule has 1 fully saturated rings. The summed E-state index contributed by atoms with van der Waals surface area (Å²) in [5.74, 6) is 2.13. The van der Waals surface area contributed by atoms with Crippen LogP contribution in [-0.2, 0) is 22.6 Å². The Hall–Kier alpha value is -4.77. The molecule has 3 aromatic carbocycles. The van der Waals surface area contributed by atoms with Gasteiger partial charge in [-0.05, 0) is 111 Å². The predicted octanol–water partition coefficient (Wildman–Crippen LogP) is 9.81. The molecule has 4 bridgehead atoms. The number of esters is 1. The van der Waals surface area contributed by atoms with Crippen LogP contribution in [0, 0.1) is 13.8 Å². The molecule has 0 N–H and O–H groups in total. The van der Waals surface area contributed by atoms with E-state index in [1.54, 1.807) is 19.4 Å². The fraction of sp³-hybridized carbons (Fsp3) is 0.383. The Bertz CT molecular complexity index is 2660. The van der Waals surface area contributed by atoms with Gasteiger partial charge in [0.1, 0.15) is 53.3 Å². The molecular weight excluding hydrogens is 943 g/mol. The molecule has 1 saturated heterocycles. The molecule has 0 unspecified atom stereocenters. The number of carbonyl (C=O) groups is 1. The van der Waals surface area contributed by atoms with E-state index in [0.29, 0.717) is 66.9 Å². The van der Waals surface area contributed by atoms with Gasteiger partial charge in [0.05, 0.1) is 37.6 Å². The Morgan fingerprint density at radius 1 is 0.953 bits per heavy atom. The number of likely N-dealkylation sites (N-methyl/N-ethyl adjacent to an activating group) is 1. The minimum atomic E-state index is -1.20. The fourth-order valence-corrected chi connectivity index (χ4v) is 10.1. The lowest BCUT2D eigenvalue weighted by molar-refractivity contribution is -0.163. The highest BCUT2D eigenvalue weighted by atomic mass is 79.9. The molecule has 9 rings (SSSR count). The number of thiophene rings is 1. The third-order valence-electron chi connectivity index (χ3n) is 11.0. The normalized spacial score (nSPS) is 17.3. The number of halogens is 3. The highest BCUT2D eigenvalue weighted by Crippen LogP contribution is 2.52. The number of piperazine rings is 1. The Balaban J connectivity index is 1.24. The van der Waals surface area contributed by atoms with E-state index >= 15 is 0 Å². The maximum atomic E-state index is 14.3. The zero-order valence-electron chi connectivity index (χ0n) is 36.7. The van der Waals surface area contributed by atoms with Crippen molar-refractivity contribution in [3.05, 3.63) is 97.3 Å². The van der Waals surface area contributed by atoms with Crippen LogP contribution < -0.4 is 23.7 Å². The van der Waals surface area contributed by atoms with Crippen LogP contribution in [0.3, 0.4) is 0 Å². The van der Waals surface area contributed by atoms with E-state index in [-0.39, 0.29) is 25.5 Å². The van der Waals surface area contributed by atoms with E-state index in [1.165, 1.54) is 17.7 Å². The van der Waals surface area contributed by atoms with Crippen molar-refractivity contribution in [2.75, 3.05) is 53.5 Å². The zero-order chi connectivity index (χ0) is 45.3. The summed E-state index contributed by atoms with van der Waals surface area (Å²) in [6.07, 6.45) is 1.46. The largest absolute Gasteiger partial charge is 0.496 e. The monoisotopic (exact) mass is 990 g/mol. The van der Waals surface area contributed by atoms with Gasteiger partial charge in [0.15, 0.2) is 11.6 Å². The molecule has 6 heterocycles. The molecule has 0 amide bonds. The quantitative estimate of drug-likeness (QED) is 0.134. The Labute approximate surface area is 395 Å². The van der Waals surface area contributed by atoms with Crippen molar-refractivity contribution in [2.45, 2.75) is 65.5 Å². The van der Waals surface area contributed by atoms with Gasteiger partial charge in [0.25, 0.3) is 0 Å². The van der Waals surface area contributed by atoms with Crippen LogP contribution >= 0.6 is 50.5 Å². The van der Waals surface area contributed by atoms with Crippen LogP contribution in [0.15, 0.2) is 64.8 Å². The van der Waals surface area contributed by atoms with E-state index in [0.717, 1.165) is 57.8 Å². The fourth-order valence-electron chi connectivity index (χ4n) is 7.82. The molecule has 0 radical (unpaired) electrons. The first-order valence-corrected chi connectivity index (χ1v) is 23.3. The average molecular weight is 993 g/mol. The number of methoxy groups -OCH3 is 1. The summed E-state index contributed by atoms with van der Waals surface area (Å²) in [4.78, 5) is 38.2. The van der Waals surface area contributed by atoms with Gasteiger partial charge in [-0.15, -0.1) is 11.3 Å². The number of ether oxygens (including phenoxy) is 6. The molecular formula is C47H49BrCl2N6O7S. The van der Waals surface area contributed by atoms with Gasteiger partial charge < -0.3 is 33.3 Å². The lowest BCUT2D eigenvalue weighted by Gasteiger charge is -2.35. The van der Waals surface area contributed by atoms with Crippen LogP contribution in [-0.4, -0.2) is 107 Å². The summed E-state index contributed by atoms with van der Waals surface area (Å²) >= 11 is 19.8. The first kappa shape index (κ1) is 45.8. The Morgan fingerprint density at radius 3 is 2.44 bits per heavy atom. The van der Waals surface area contributed by atoms with E-state index in [4.69, 9.17) is 56.6 Å². The van der Waals surface area contributed by atoms with E-state index in [9.17, 15) is 4.79 Å². The molecule has 13 nitrogen and oxygen atoms in total. The minimum absolute atomic E-state index is 0.0229. The van der Waals surface area contributed by atoms with E-state index < -0.39 is 23.8 Å². The van der Waals surface area contributed by atoms with E-state index in [2.05, 4.69) is 47.7 Å². The van der Waals surface area contributed by atoms with Crippen LogP contribution in [0.2, 0.25) is 10.0 Å². The van der Waals surface area contributed by atoms with Crippen LogP contribution in [0.5, 0.6) is 28.9 Å². The predicted molar refractivity (Wildman–Crippen MR) is 253 cm³/mol. The van der Waals surface area contributed by atoms with Crippen molar-refractivity contribution in [1.82, 2.24) is 29.7 Å². The molecule has 6 aromatic rings. The number of nitrogens with zero attached hydrogens (tertiary/aromatic N) is 6. The molecule has 0 aliphatic carbocycles. The van der Waals surface area contributed by atoms with Gasteiger partial charge >= 0.3 is 5.97 Å². The number of hydrogen-bond acceptors (Lipinski definition) is 14. The van der Waals surface area contributed by atoms with Gasteiger partial charge in [-0.2, -0.15) is 0 Å². The molecule has 0 spiro atoms. The third kappa shape index (κ3) is 10.0. The van der Waals surface area contributed by atoms with Crippen molar-refractivity contribution >= 4 is 66.7 Å². The highest BCUT2D eigenvalue weighted by Gasteiger charge is 2.33. The molecule has 336 valence electrons. The summed E-state index contributed by atoms with van der Waals surface area (Å²) in [5.41, 5.74) is 4.16.